The zero-order chi connectivity index (χ0) is 19.0. The molecule has 3 aromatic rings. The van der Waals surface area contributed by atoms with Crippen LogP contribution in [0.2, 0.25) is 0 Å². The highest BCUT2D eigenvalue weighted by Crippen LogP contribution is 2.40. The molecular weight excluding hydrogens is 428 g/mol. The molecule has 1 aliphatic carbocycles. The molecule has 5 nitrogen and oxygen atoms in total. The van der Waals surface area contributed by atoms with Crippen molar-refractivity contribution in [2.24, 2.45) is 0 Å². The fraction of sp³-hybridized carbons (Fsp3) is 0.300. The summed E-state index contributed by atoms with van der Waals surface area (Å²) in [5.74, 6) is 3.98. The molecule has 4 rings (SSSR count). The Labute approximate surface area is 168 Å². The molecule has 0 spiro atoms. The Morgan fingerprint density at radius 2 is 2.19 bits per heavy atom. The lowest BCUT2D eigenvalue weighted by Crippen LogP contribution is -2.11. The number of hydrogen-bond donors (Lipinski definition) is 1. The zero-order valence-electron chi connectivity index (χ0n) is 14.7. The number of rotatable bonds is 4. The number of nitrogens with one attached hydrogen (secondary N) is 1. The number of methoxy groups -OCH3 is 1. The smallest absolute Gasteiger partial charge is 0.260 e. The van der Waals surface area contributed by atoms with Gasteiger partial charge in [0.25, 0.3) is 5.56 Å². The Kier molecular flexibility index (Phi) is 4.94. The number of aromatic nitrogens is 2. The van der Waals surface area contributed by atoms with E-state index in [-0.39, 0.29) is 12.2 Å². The minimum atomic E-state index is -0.0860. The quantitative estimate of drug-likeness (QED) is 0.608. The molecule has 27 heavy (non-hydrogen) atoms. The molecule has 0 unspecified atom stereocenters. The highest BCUT2D eigenvalue weighted by atomic mass is 79.9. The van der Waals surface area contributed by atoms with Crippen molar-refractivity contribution < 1.29 is 9.47 Å². The maximum Gasteiger partial charge on any atom is 0.260 e. The Hall–Kier alpha value is -2.30. The largest absolute Gasteiger partial charge is 0.493 e. The Morgan fingerprint density at radius 3 is 2.96 bits per heavy atom. The molecular formula is C20H17BrN2O3S. The second kappa shape index (κ2) is 7.37. The van der Waals surface area contributed by atoms with Crippen LogP contribution in [0.3, 0.4) is 0 Å². The molecule has 0 amide bonds. The number of nitrogens with zero attached hydrogens (tertiary/aromatic N) is 1. The molecule has 2 aromatic heterocycles. The van der Waals surface area contributed by atoms with Gasteiger partial charge in [-0.25, -0.2) is 4.98 Å². The van der Waals surface area contributed by atoms with Gasteiger partial charge in [-0.2, -0.15) is 0 Å². The van der Waals surface area contributed by atoms with Gasteiger partial charge in [-0.3, -0.25) is 4.79 Å². The van der Waals surface area contributed by atoms with E-state index in [0.29, 0.717) is 21.8 Å². The first-order chi connectivity index (χ1) is 13.1. The summed E-state index contributed by atoms with van der Waals surface area (Å²) in [6.07, 6.45) is 9.56. The van der Waals surface area contributed by atoms with Crippen LogP contribution in [0.15, 0.2) is 21.4 Å². The van der Waals surface area contributed by atoms with Crippen molar-refractivity contribution >= 4 is 37.5 Å². The van der Waals surface area contributed by atoms with Crippen molar-refractivity contribution in [2.75, 3.05) is 13.7 Å². The molecule has 7 heteroatoms. The number of terminal acetylenes is 1. The van der Waals surface area contributed by atoms with E-state index in [4.69, 9.17) is 20.9 Å². The van der Waals surface area contributed by atoms with E-state index < -0.39 is 0 Å². The van der Waals surface area contributed by atoms with Gasteiger partial charge in [0, 0.05) is 10.4 Å². The molecule has 0 aliphatic heterocycles. The van der Waals surface area contributed by atoms with E-state index in [1.54, 1.807) is 24.5 Å². The van der Waals surface area contributed by atoms with E-state index in [1.165, 1.54) is 16.9 Å². The average Bonchev–Trinajstić information content (AvgIpc) is 3.05. The Bertz CT molecular complexity index is 1130. The lowest BCUT2D eigenvalue weighted by Gasteiger charge is -2.13. The summed E-state index contributed by atoms with van der Waals surface area (Å²) >= 11 is 5.12. The summed E-state index contributed by atoms with van der Waals surface area (Å²) in [4.78, 5) is 22.5. The Balaban J connectivity index is 1.84. The molecule has 1 aliphatic rings. The van der Waals surface area contributed by atoms with Crippen molar-refractivity contribution in [3.8, 4) is 35.2 Å². The third-order valence-corrected chi connectivity index (χ3v) is 6.40. The number of halogens is 1. The van der Waals surface area contributed by atoms with Crippen LogP contribution in [0.4, 0.5) is 0 Å². The fourth-order valence-electron chi connectivity index (χ4n) is 3.41. The van der Waals surface area contributed by atoms with Crippen molar-refractivity contribution in [3.05, 3.63) is 37.4 Å². The van der Waals surface area contributed by atoms with Crippen LogP contribution in [0.5, 0.6) is 11.5 Å². The van der Waals surface area contributed by atoms with Crippen LogP contribution >= 0.6 is 27.3 Å². The first-order valence-electron chi connectivity index (χ1n) is 8.61. The normalized spacial score (nSPS) is 13.2. The van der Waals surface area contributed by atoms with Crippen LogP contribution in [0.25, 0.3) is 21.6 Å². The molecule has 0 bridgehead atoms. The van der Waals surface area contributed by atoms with E-state index >= 15 is 0 Å². The number of thiophene rings is 1. The summed E-state index contributed by atoms with van der Waals surface area (Å²) < 4.78 is 11.7. The van der Waals surface area contributed by atoms with Crippen LogP contribution in [0, 0.1) is 12.3 Å². The summed E-state index contributed by atoms with van der Waals surface area (Å²) in [6, 6.07) is 3.63. The highest BCUT2D eigenvalue weighted by molar-refractivity contribution is 9.10. The van der Waals surface area contributed by atoms with Gasteiger partial charge in [0.1, 0.15) is 17.3 Å². The summed E-state index contributed by atoms with van der Waals surface area (Å²) in [6.45, 7) is 0.135. The molecule has 2 heterocycles. The summed E-state index contributed by atoms with van der Waals surface area (Å²) in [5, 5.41) is 0.749. The van der Waals surface area contributed by atoms with Gasteiger partial charge in [-0.05, 0) is 59.3 Å². The standard InChI is InChI=1S/C20H17BrN2O3S/c1-3-8-26-17-13(21)9-11(10-14(17)25-2)18-22-19(24)16-12-6-4-5-7-15(12)27-20(16)23-18/h1,9-10H,4-8H2,2H3,(H,22,23,24). The predicted octanol–water partition coefficient (Wildman–Crippen LogP) is 4.31. The van der Waals surface area contributed by atoms with E-state index in [9.17, 15) is 4.79 Å². The number of benzene rings is 1. The molecule has 0 radical (unpaired) electrons. The van der Waals surface area contributed by atoms with E-state index in [0.717, 1.165) is 35.0 Å². The van der Waals surface area contributed by atoms with Crippen molar-refractivity contribution in [1.82, 2.24) is 9.97 Å². The minimum absolute atomic E-state index is 0.0860. The summed E-state index contributed by atoms with van der Waals surface area (Å²) in [7, 11) is 1.56. The number of fused-ring (bicyclic) bond motifs is 3. The maximum atomic E-state index is 12.8. The van der Waals surface area contributed by atoms with Crippen LogP contribution in [-0.2, 0) is 12.8 Å². The molecule has 0 fully saturated rings. The molecule has 0 saturated heterocycles. The average molecular weight is 445 g/mol. The van der Waals surface area contributed by atoms with E-state index in [2.05, 4.69) is 26.8 Å². The fourth-order valence-corrected chi connectivity index (χ4v) is 5.23. The van der Waals surface area contributed by atoms with E-state index in [1.807, 2.05) is 6.07 Å². The first kappa shape index (κ1) is 18.1. The monoisotopic (exact) mass is 444 g/mol. The molecule has 1 aromatic carbocycles. The van der Waals surface area contributed by atoms with Crippen molar-refractivity contribution in [3.63, 3.8) is 0 Å². The third-order valence-electron chi connectivity index (χ3n) is 4.63. The number of aromatic amines is 1. The number of H-pyrrole nitrogens is 1. The van der Waals surface area contributed by atoms with Crippen LogP contribution < -0.4 is 15.0 Å². The lowest BCUT2D eigenvalue weighted by molar-refractivity contribution is 0.329. The minimum Gasteiger partial charge on any atom is -0.493 e. The predicted molar refractivity (Wildman–Crippen MR) is 111 cm³/mol. The molecule has 0 atom stereocenters. The van der Waals surface area contributed by atoms with Crippen molar-refractivity contribution in [1.29, 1.82) is 0 Å². The third kappa shape index (κ3) is 3.24. The maximum absolute atomic E-state index is 12.8. The Morgan fingerprint density at radius 1 is 1.37 bits per heavy atom. The SMILES string of the molecule is C#CCOc1c(Br)cc(-c2nc3sc4c(c3c(=O)[nH]2)CCCC4)cc1OC. The van der Waals surface area contributed by atoms with Crippen molar-refractivity contribution in [2.45, 2.75) is 25.7 Å². The second-order valence-corrected chi connectivity index (χ2v) is 8.23. The van der Waals surface area contributed by atoms with Gasteiger partial charge in [-0.15, -0.1) is 17.8 Å². The number of ether oxygens (including phenoxy) is 2. The second-order valence-electron chi connectivity index (χ2n) is 6.29. The lowest BCUT2D eigenvalue weighted by atomic mass is 9.97. The first-order valence-corrected chi connectivity index (χ1v) is 10.2. The topological polar surface area (TPSA) is 64.2 Å². The van der Waals surface area contributed by atoms with Crippen LogP contribution in [-0.4, -0.2) is 23.7 Å². The summed E-state index contributed by atoms with van der Waals surface area (Å²) in [5.41, 5.74) is 1.83. The zero-order valence-corrected chi connectivity index (χ0v) is 17.1. The number of aryl methyl sites for hydroxylation is 2. The van der Waals surface area contributed by atoms with Gasteiger partial charge in [0.05, 0.1) is 17.0 Å². The van der Waals surface area contributed by atoms with Gasteiger partial charge in [-0.1, -0.05) is 5.92 Å². The molecule has 1 N–H and O–H groups in total. The van der Waals surface area contributed by atoms with Gasteiger partial charge < -0.3 is 14.5 Å². The van der Waals surface area contributed by atoms with Gasteiger partial charge in [0.2, 0.25) is 0 Å². The van der Waals surface area contributed by atoms with Crippen LogP contribution in [0.1, 0.15) is 23.3 Å². The molecule has 0 saturated carbocycles. The van der Waals surface area contributed by atoms with Gasteiger partial charge in [0.15, 0.2) is 11.5 Å². The highest BCUT2D eigenvalue weighted by Gasteiger charge is 2.21. The molecule has 138 valence electrons. The number of hydrogen-bond acceptors (Lipinski definition) is 5. The van der Waals surface area contributed by atoms with Gasteiger partial charge >= 0.3 is 0 Å².